The second-order valence-electron chi connectivity index (χ2n) is 4.22. The molecular weight excluding hydrogens is 198 g/mol. The van der Waals surface area contributed by atoms with Gasteiger partial charge in [0.1, 0.15) is 11.8 Å². The Hall–Kier alpha value is -1.46. The van der Waals surface area contributed by atoms with Crippen LogP contribution >= 0.6 is 0 Å². The lowest BCUT2D eigenvalue weighted by Crippen LogP contribution is -2.33. The Morgan fingerprint density at radius 2 is 1.88 bits per heavy atom. The Morgan fingerprint density at radius 1 is 1.19 bits per heavy atom. The first-order valence-corrected chi connectivity index (χ1v) is 5.81. The van der Waals surface area contributed by atoms with Gasteiger partial charge in [0.25, 0.3) is 0 Å². The van der Waals surface area contributed by atoms with Crippen molar-refractivity contribution in [3.63, 3.8) is 0 Å². The van der Waals surface area contributed by atoms with E-state index >= 15 is 0 Å². The van der Waals surface area contributed by atoms with Gasteiger partial charge < -0.3 is 5.11 Å². The highest BCUT2D eigenvalue weighted by atomic mass is 16.3. The fraction of sp³-hybridized carbons (Fsp3) is 0.429. The molecule has 1 aliphatic heterocycles. The molecule has 0 aliphatic carbocycles. The summed E-state index contributed by atoms with van der Waals surface area (Å²) in [6, 6.07) is 7.27. The monoisotopic (exact) mass is 215 g/mol. The van der Waals surface area contributed by atoms with Crippen molar-refractivity contribution in [3.05, 3.63) is 29.8 Å². The van der Waals surface area contributed by atoms with Crippen molar-refractivity contribution in [2.75, 3.05) is 13.1 Å². The van der Waals surface area contributed by atoms with Gasteiger partial charge in [0.2, 0.25) is 0 Å². The predicted octanol–water partition coefficient (Wildman–Crippen LogP) is 2.55. The number of benzene rings is 1. The van der Waals surface area contributed by atoms with Crippen molar-refractivity contribution in [2.24, 2.45) is 0 Å². The van der Waals surface area contributed by atoms with E-state index in [0.717, 1.165) is 18.7 Å². The van der Waals surface area contributed by atoms with Crippen LogP contribution in [-0.2, 0) is 0 Å². The SMILES string of the molecule is C#CC(c1ccccc1O)N1CCCCC1. The Balaban J connectivity index is 2.22. The lowest BCUT2D eigenvalue weighted by Gasteiger charge is -2.31. The zero-order chi connectivity index (χ0) is 11.4. The molecule has 1 aliphatic rings. The summed E-state index contributed by atoms with van der Waals surface area (Å²) in [5.41, 5.74) is 0.854. The topological polar surface area (TPSA) is 23.5 Å². The molecule has 0 radical (unpaired) electrons. The van der Waals surface area contributed by atoms with Crippen LogP contribution in [0.15, 0.2) is 24.3 Å². The number of hydrogen-bond acceptors (Lipinski definition) is 2. The van der Waals surface area contributed by atoms with Gasteiger partial charge in [-0.3, -0.25) is 4.90 Å². The smallest absolute Gasteiger partial charge is 0.121 e. The number of rotatable bonds is 2. The third kappa shape index (κ3) is 2.20. The predicted molar refractivity (Wildman–Crippen MR) is 65.1 cm³/mol. The second kappa shape index (κ2) is 5.05. The molecule has 1 N–H and O–H groups in total. The summed E-state index contributed by atoms with van der Waals surface area (Å²) < 4.78 is 0. The lowest BCUT2D eigenvalue weighted by atomic mass is 10.0. The summed E-state index contributed by atoms with van der Waals surface area (Å²) in [4.78, 5) is 2.28. The van der Waals surface area contributed by atoms with Crippen molar-refractivity contribution >= 4 is 0 Å². The van der Waals surface area contributed by atoms with Crippen LogP contribution in [0.2, 0.25) is 0 Å². The van der Waals surface area contributed by atoms with Crippen molar-refractivity contribution in [1.29, 1.82) is 0 Å². The molecule has 0 amide bonds. The lowest BCUT2D eigenvalue weighted by molar-refractivity contribution is 0.195. The summed E-state index contributed by atoms with van der Waals surface area (Å²) in [7, 11) is 0. The Labute approximate surface area is 96.9 Å². The summed E-state index contributed by atoms with van der Waals surface area (Å²) in [6.07, 6.45) is 9.29. The maximum Gasteiger partial charge on any atom is 0.121 e. The third-order valence-corrected chi connectivity index (χ3v) is 3.15. The molecule has 2 nitrogen and oxygen atoms in total. The largest absolute Gasteiger partial charge is 0.508 e. The van der Waals surface area contributed by atoms with Gasteiger partial charge in [-0.2, -0.15) is 0 Å². The average molecular weight is 215 g/mol. The number of hydrogen-bond donors (Lipinski definition) is 1. The minimum Gasteiger partial charge on any atom is -0.508 e. The maximum atomic E-state index is 9.82. The Morgan fingerprint density at radius 3 is 2.50 bits per heavy atom. The summed E-state index contributed by atoms with van der Waals surface area (Å²) >= 11 is 0. The highest BCUT2D eigenvalue weighted by Gasteiger charge is 2.22. The van der Waals surface area contributed by atoms with Crippen LogP contribution in [0.25, 0.3) is 0 Å². The van der Waals surface area contributed by atoms with Gasteiger partial charge in [-0.05, 0) is 32.0 Å². The van der Waals surface area contributed by atoms with Crippen molar-refractivity contribution in [2.45, 2.75) is 25.3 Å². The molecule has 0 saturated carbocycles. The van der Waals surface area contributed by atoms with Crippen molar-refractivity contribution in [3.8, 4) is 18.1 Å². The number of phenols is 1. The molecular formula is C14H17NO. The van der Waals surface area contributed by atoms with Gasteiger partial charge in [-0.1, -0.05) is 30.5 Å². The van der Waals surface area contributed by atoms with Crippen LogP contribution in [0.5, 0.6) is 5.75 Å². The molecule has 2 rings (SSSR count). The number of likely N-dealkylation sites (tertiary alicyclic amines) is 1. The zero-order valence-electron chi connectivity index (χ0n) is 9.39. The summed E-state index contributed by atoms with van der Waals surface area (Å²) in [5, 5.41) is 9.82. The van der Waals surface area contributed by atoms with E-state index in [1.54, 1.807) is 6.07 Å². The fourth-order valence-corrected chi connectivity index (χ4v) is 2.29. The Bertz CT molecular complexity index is 388. The molecule has 0 bridgehead atoms. The van der Waals surface area contributed by atoms with Crippen molar-refractivity contribution in [1.82, 2.24) is 4.90 Å². The molecule has 16 heavy (non-hydrogen) atoms. The van der Waals surface area contributed by atoms with Gasteiger partial charge >= 0.3 is 0 Å². The normalized spacial score (nSPS) is 18.9. The molecule has 1 heterocycles. The molecule has 1 fully saturated rings. The second-order valence-corrected chi connectivity index (χ2v) is 4.22. The van der Waals surface area contributed by atoms with Crippen LogP contribution in [0.4, 0.5) is 0 Å². The molecule has 0 spiro atoms. The zero-order valence-corrected chi connectivity index (χ0v) is 9.39. The summed E-state index contributed by atoms with van der Waals surface area (Å²) in [6.45, 7) is 2.06. The average Bonchev–Trinajstić information content (AvgIpc) is 2.34. The van der Waals surface area contributed by atoms with Gasteiger partial charge in [0, 0.05) is 5.56 Å². The van der Waals surface area contributed by atoms with Gasteiger partial charge in [0.15, 0.2) is 0 Å². The summed E-state index contributed by atoms with van der Waals surface area (Å²) in [5.74, 6) is 3.10. The Kier molecular flexibility index (Phi) is 3.48. The van der Waals surface area contributed by atoms with Crippen LogP contribution in [0.3, 0.4) is 0 Å². The molecule has 1 atom stereocenters. The number of terminal acetylenes is 1. The van der Waals surface area contributed by atoms with Crippen LogP contribution in [0, 0.1) is 12.3 Å². The van der Waals surface area contributed by atoms with E-state index in [2.05, 4.69) is 10.8 Å². The molecule has 1 aromatic carbocycles. The van der Waals surface area contributed by atoms with Gasteiger partial charge in [-0.15, -0.1) is 6.42 Å². The molecule has 2 heteroatoms. The number of nitrogens with zero attached hydrogens (tertiary/aromatic N) is 1. The first-order chi connectivity index (χ1) is 7.83. The van der Waals surface area contributed by atoms with Gasteiger partial charge in [-0.25, -0.2) is 0 Å². The molecule has 0 aromatic heterocycles. The first-order valence-electron chi connectivity index (χ1n) is 5.81. The fourth-order valence-electron chi connectivity index (χ4n) is 2.29. The molecule has 1 aromatic rings. The van der Waals surface area contributed by atoms with Crippen molar-refractivity contribution < 1.29 is 5.11 Å². The van der Waals surface area contributed by atoms with E-state index in [1.165, 1.54) is 19.3 Å². The number of piperidine rings is 1. The van der Waals surface area contributed by atoms with E-state index in [9.17, 15) is 5.11 Å². The van der Waals surface area contributed by atoms with Gasteiger partial charge in [0.05, 0.1) is 0 Å². The molecule has 1 saturated heterocycles. The van der Waals surface area contributed by atoms with Crippen LogP contribution in [0.1, 0.15) is 30.9 Å². The van der Waals surface area contributed by atoms with Crippen LogP contribution in [-0.4, -0.2) is 23.1 Å². The van der Waals surface area contributed by atoms with E-state index in [-0.39, 0.29) is 6.04 Å². The minimum atomic E-state index is -0.0819. The van der Waals surface area contributed by atoms with E-state index in [1.807, 2.05) is 18.2 Å². The molecule has 1 unspecified atom stereocenters. The van der Waals surface area contributed by atoms with E-state index in [4.69, 9.17) is 6.42 Å². The standard InChI is InChI=1S/C14H17NO/c1-2-13(15-10-6-3-7-11-15)12-8-4-5-9-14(12)16/h1,4-5,8-9,13,16H,3,6-7,10-11H2. The maximum absolute atomic E-state index is 9.82. The number of aromatic hydroxyl groups is 1. The highest BCUT2D eigenvalue weighted by molar-refractivity contribution is 5.38. The van der Waals surface area contributed by atoms with E-state index < -0.39 is 0 Å². The highest BCUT2D eigenvalue weighted by Crippen LogP contribution is 2.29. The minimum absolute atomic E-state index is 0.0819. The van der Waals surface area contributed by atoms with E-state index in [0.29, 0.717) is 5.75 Å². The third-order valence-electron chi connectivity index (χ3n) is 3.15. The van der Waals surface area contributed by atoms with Crippen LogP contribution < -0.4 is 0 Å². The number of para-hydroxylation sites is 1. The molecule has 84 valence electrons. The quantitative estimate of drug-likeness (QED) is 0.766. The number of phenolic OH excluding ortho intramolecular Hbond substituents is 1. The first kappa shape index (κ1) is 11.0.